The number of carbonyl (C=O) groups is 3. The van der Waals surface area contributed by atoms with Crippen molar-refractivity contribution in [1.82, 2.24) is 9.88 Å². The van der Waals surface area contributed by atoms with Crippen LogP contribution >= 0.6 is 11.6 Å². The predicted molar refractivity (Wildman–Crippen MR) is 113 cm³/mol. The zero-order valence-corrected chi connectivity index (χ0v) is 18.2. The zero-order chi connectivity index (χ0) is 21.8. The van der Waals surface area contributed by atoms with Gasteiger partial charge in [0.15, 0.2) is 0 Å². The Bertz CT molecular complexity index is 883. The second kappa shape index (κ2) is 7.76. The fraction of sp³-hybridized carbons (Fsp3) is 0.652. The molecule has 3 unspecified atom stereocenters. The molecule has 5 fully saturated rings. The van der Waals surface area contributed by atoms with Gasteiger partial charge in [0.25, 0.3) is 5.91 Å². The summed E-state index contributed by atoms with van der Waals surface area (Å²) in [7, 11) is 0. The number of hydrogen-bond donors (Lipinski definition) is 1. The second-order valence-corrected chi connectivity index (χ2v) is 10.3. The van der Waals surface area contributed by atoms with Gasteiger partial charge in [-0.05, 0) is 74.8 Å². The van der Waals surface area contributed by atoms with Crippen LogP contribution in [-0.2, 0) is 14.3 Å². The number of carbonyl (C=O) groups excluding carboxylic acids is 3. The van der Waals surface area contributed by atoms with E-state index in [1.807, 2.05) is 0 Å². The highest BCUT2D eigenvalue weighted by atomic mass is 35.5. The van der Waals surface area contributed by atoms with Gasteiger partial charge in [0.05, 0.1) is 16.9 Å². The van der Waals surface area contributed by atoms with Gasteiger partial charge in [-0.3, -0.25) is 14.4 Å². The molecule has 2 N–H and O–H groups in total. The first-order valence-electron chi connectivity index (χ1n) is 11.3. The molecule has 6 rings (SSSR count). The smallest absolute Gasteiger partial charge is 0.309 e. The summed E-state index contributed by atoms with van der Waals surface area (Å²) in [6.45, 7) is 0.973. The highest BCUT2D eigenvalue weighted by Crippen LogP contribution is 2.61. The number of nitrogens with two attached hydrogens (primary N) is 1. The van der Waals surface area contributed by atoms with E-state index in [0.29, 0.717) is 48.5 Å². The van der Waals surface area contributed by atoms with Crippen molar-refractivity contribution >= 4 is 29.4 Å². The molecule has 2 amide bonds. The Balaban J connectivity index is 1.21. The van der Waals surface area contributed by atoms with E-state index in [1.54, 1.807) is 17.0 Å². The van der Waals surface area contributed by atoms with E-state index in [1.165, 1.54) is 12.6 Å². The molecule has 0 aromatic carbocycles. The Morgan fingerprint density at radius 3 is 2.35 bits per heavy atom. The molecule has 1 aliphatic heterocycles. The van der Waals surface area contributed by atoms with E-state index in [4.69, 9.17) is 22.1 Å². The van der Waals surface area contributed by atoms with Gasteiger partial charge in [0.2, 0.25) is 5.91 Å². The van der Waals surface area contributed by atoms with E-state index < -0.39 is 5.41 Å². The lowest BCUT2D eigenvalue weighted by Crippen LogP contribution is -2.62. The monoisotopic (exact) mass is 445 g/mol. The minimum Gasteiger partial charge on any atom is -0.461 e. The van der Waals surface area contributed by atoms with Gasteiger partial charge >= 0.3 is 5.97 Å². The maximum absolute atomic E-state index is 13.0. The molecular weight excluding hydrogens is 418 g/mol. The fourth-order valence-electron chi connectivity index (χ4n) is 6.77. The average molecular weight is 446 g/mol. The first kappa shape index (κ1) is 20.7. The first-order valence-corrected chi connectivity index (χ1v) is 11.6. The lowest BCUT2D eigenvalue weighted by molar-refractivity contribution is -0.199. The molecule has 0 radical (unpaired) electrons. The van der Waals surface area contributed by atoms with Crippen molar-refractivity contribution in [3.63, 3.8) is 0 Å². The largest absolute Gasteiger partial charge is 0.461 e. The van der Waals surface area contributed by atoms with Crippen molar-refractivity contribution in [2.45, 2.75) is 51.0 Å². The Hall–Kier alpha value is -2.15. The van der Waals surface area contributed by atoms with Crippen LogP contribution in [0.1, 0.15) is 55.3 Å². The van der Waals surface area contributed by atoms with Crippen LogP contribution in [0.4, 0.5) is 0 Å². The van der Waals surface area contributed by atoms with E-state index in [9.17, 15) is 14.4 Å². The van der Waals surface area contributed by atoms with Gasteiger partial charge in [-0.25, -0.2) is 4.98 Å². The number of primary amides is 1. The van der Waals surface area contributed by atoms with Gasteiger partial charge in [-0.15, -0.1) is 0 Å². The van der Waals surface area contributed by atoms with Crippen molar-refractivity contribution in [3.05, 3.63) is 29.0 Å². The van der Waals surface area contributed by atoms with Crippen LogP contribution in [0.15, 0.2) is 18.3 Å². The predicted octanol–water partition coefficient (Wildman–Crippen LogP) is 2.81. The molecule has 4 saturated carbocycles. The molecule has 3 atom stereocenters. The van der Waals surface area contributed by atoms with Crippen molar-refractivity contribution in [3.8, 4) is 0 Å². The van der Waals surface area contributed by atoms with E-state index in [0.717, 1.165) is 25.7 Å². The standard InChI is InChI=1S/C23H28ClN3O4/c24-18-2-1-16(12-26-18)20(28)27-5-3-15(4-6-27)21(29)31-19-17-8-13-7-14(9-17)11-23(19,10-13)22(25)30/h1-2,12-15,17,19H,3-11H2,(H2,25,30). The third-order valence-electron chi connectivity index (χ3n) is 8.04. The first-order chi connectivity index (χ1) is 14.9. The number of nitrogens with zero attached hydrogens (tertiary/aromatic N) is 2. The third-order valence-corrected chi connectivity index (χ3v) is 8.26. The lowest BCUT2D eigenvalue weighted by Gasteiger charge is -2.58. The van der Waals surface area contributed by atoms with Crippen molar-refractivity contribution in [1.29, 1.82) is 0 Å². The molecule has 1 aromatic rings. The summed E-state index contributed by atoms with van der Waals surface area (Å²) in [5.41, 5.74) is 5.67. The summed E-state index contributed by atoms with van der Waals surface area (Å²) >= 11 is 5.79. The molecule has 4 aliphatic carbocycles. The Morgan fingerprint density at radius 1 is 1.10 bits per heavy atom. The van der Waals surface area contributed by atoms with Crippen molar-refractivity contribution in [2.24, 2.45) is 34.8 Å². The highest BCUT2D eigenvalue weighted by molar-refractivity contribution is 6.29. The zero-order valence-electron chi connectivity index (χ0n) is 17.5. The fourth-order valence-corrected chi connectivity index (χ4v) is 6.88. The van der Waals surface area contributed by atoms with Crippen LogP contribution < -0.4 is 5.73 Å². The van der Waals surface area contributed by atoms with Crippen LogP contribution in [0, 0.1) is 29.1 Å². The number of amides is 2. The number of aromatic nitrogens is 1. The molecular formula is C23H28ClN3O4. The molecule has 0 spiro atoms. The number of esters is 1. The molecule has 5 aliphatic rings. The third kappa shape index (κ3) is 3.60. The summed E-state index contributed by atoms with van der Waals surface area (Å²) in [5, 5.41) is 0.344. The van der Waals surface area contributed by atoms with Gasteiger partial charge < -0.3 is 15.4 Å². The SMILES string of the molecule is NC(=O)C12CC3CC(CC(C3)C1OC(=O)C1CCN(C(=O)c3ccc(Cl)nc3)CC1)C2. The number of pyridine rings is 1. The number of rotatable bonds is 4. The van der Waals surface area contributed by atoms with Crippen molar-refractivity contribution in [2.75, 3.05) is 13.1 Å². The normalized spacial score (nSPS) is 34.5. The number of ether oxygens (including phenoxy) is 1. The number of hydrogen-bond acceptors (Lipinski definition) is 5. The quantitative estimate of drug-likeness (QED) is 0.567. The van der Waals surface area contributed by atoms with Crippen LogP contribution in [0.25, 0.3) is 0 Å². The lowest BCUT2D eigenvalue weighted by atomic mass is 9.48. The Labute approximate surface area is 186 Å². The number of likely N-dealkylation sites (tertiary alicyclic amines) is 1. The minimum absolute atomic E-state index is 0.107. The molecule has 8 heteroatoms. The maximum Gasteiger partial charge on any atom is 0.309 e. The maximum atomic E-state index is 13.0. The van der Waals surface area contributed by atoms with Gasteiger partial charge in [0, 0.05) is 19.3 Å². The molecule has 1 aromatic heterocycles. The summed E-state index contributed by atoms with van der Waals surface area (Å²) in [6, 6.07) is 3.26. The molecule has 31 heavy (non-hydrogen) atoms. The summed E-state index contributed by atoms with van der Waals surface area (Å²) in [4.78, 5) is 43.9. The number of halogens is 1. The van der Waals surface area contributed by atoms with Crippen LogP contribution in [0.2, 0.25) is 5.15 Å². The Morgan fingerprint density at radius 2 is 1.77 bits per heavy atom. The molecule has 7 nitrogen and oxygen atoms in total. The van der Waals surface area contributed by atoms with E-state index in [2.05, 4.69) is 4.98 Å². The minimum atomic E-state index is -0.678. The molecule has 4 bridgehead atoms. The van der Waals surface area contributed by atoms with Crippen molar-refractivity contribution < 1.29 is 19.1 Å². The highest BCUT2D eigenvalue weighted by Gasteiger charge is 2.62. The van der Waals surface area contributed by atoms with Gasteiger partial charge in [-0.1, -0.05) is 11.6 Å². The van der Waals surface area contributed by atoms with Crippen LogP contribution in [0.5, 0.6) is 0 Å². The average Bonchev–Trinajstić information content (AvgIpc) is 2.75. The second-order valence-electron chi connectivity index (χ2n) is 9.92. The van der Waals surface area contributed by atoms with Crippen LogP contribution in [0.3, 0.4) is 0 Å². The summed E-state index contributed by atoms with van der Waals surface area (Å²) in [6.07, 6.45) is 6.96. The molecule has 2 heterocycles. The van der Waals surface area contributed by atoms with Gasteiger partial charge in [-0.2, -0.15) is 0 Å². The van der Waals surface area contributed by atoms with E-state index >= 15 is 0 Å². The topological polar surface area (TPSA) is 103 Å². The summed E-state index contributed by atoms with van der Waals surface area (Å²) < 4.78 is 6.06. The molecule has 1 saturated heterocycles. The molecule has 166 valence electrons. The van der Waals surface area contributed by atoms with Crippen LogP contribution in [-0.4, -0.2) is 46.9 Å². The number of piperidine rings is 1. The van der Waals surface area contributed by atoms with Gasteiger partial charge in [0.1, 0.15) is 11.3 Å². The summed E-state index contributed by atoms with van der Waals surface area (Å²) in [5.74, 6) is 0.425. The van der Waals surface area contributed by atoms with E-state index in [-0.39, 0.29) is 35.7 Å². The Kier molecular flexibility index (Phi) is 5.19.